The number of carbonyl (C=O) groups excluding carboxylic acids is 1. The van der Waals surface area contributed by atoms with Crippen molar-refractivity contribution in [3.8, 4) is 6.07 Å². The van der Waals surface area contributed by atoms with Crippen LogP contribution in [-0.4, -0.2) is 51.8 Å². The van der Waals surface area contributed by atoms with Crippen LogP contribution >= 0.6 is 11.6 Å². The van der Waals surface area contributed by atoms with Gasteiger partial charge in [0, 0.05) is 43.3 Å². The monoisotopic (exact) mass is 434 g/mol. The lowest BCUT2D eigenvalue weighted by Crippen LogP contribution is -2.59. The van der Waals surface area contributed by atoms with Crippen LogP contribution in [0.25, 0.3) is 0 Å². The second-order valence-electron chi connectivity index (χ2n) is 7.17. The zero-order chi connectivity index (χ0) is 21.8. The second-order valence-corrected chi connectivity index (χ2v) is 7.44. The first-order chi connectivity index (χ1) is 14.3. The number of nitrogens with one attached hydrogen (secondary N) is 1. The molecule has 2 heterocycles. The fourth-order valence-electron chi connectivity index (χ4n) is 3.63. The standard InChI is InChI=1S/C20H21ClF2N6O/c1-12-10-28(11-13(2)29(12)18(30)6-21)20-26-9-15(7-24)19(27-20)25-8-14-3-4-16(22)5-17(14)23/h3-5,9,12-13H,6,8,10-11H2,1-2H3,(H,25,26,27). The number of rotatable bonds is 5. The normalized spacial score (nSPS) is 18.8. The summed E-state index contributed by atoms with van der Waals surface area (Å²) in [5.41, 5.74) is 0.453. The first-order valence-corrected chi connectivity index (χ1v) is 9.94. The zero-order valence-electron chi connectivity index (χ0n) is 16.6. The summed E-state index contributed by atoms with van der Waals surface area (Å²) in [5, 5.41) is 12.3. The highest BCUT2D eigenvalue weighted by atomic mass is 35.5. The molecule has 2 atom stereocenters. The molecule has 1 aliphatic rings. The average molecular weight is 435 g/mol. The molecule has 1 saturated heterocycles. The van der Waals surface area contributed by atoms with Crippen LogP contribution in [0.2, 0.25) is 0 Å². The minimum atomic E-state index is -0.682. The van der Waals surface area contributed by atoms with Crippen LogP contribution in [0.15, 0.2) is 24.4 Å². The van der Waals surface area contributed by atoms with Gasteiger partial charge in [-0.1, -0.05) is 6.07 Å². The Kier molecular flexibility index (Phi) is 6.67. The van der Waals surface area contributed by atoms with Gasteiger partial charge in [0.25, 0.3) is 0 Å². The molecule has 7 nitrogen and oxygen atoms in total. The third-order valence-corrected chi connectivity index (χ3v) is 5.19. The van der Waals surface area contributed by atoms with Gasteiger partial charge in [-0.15, -0.1) is 11.6 Å². The summed E-state index contributed by atoms with van der Waals surface area (Å²) in [6, 6.07) is 5.13. The van der Waals surface area contributed by atoms with Crippen molar-refractivity contribution in [2.45, 2.75) is 32.5 Å². The lowest BCUT2D eigenvalue weighted by atomic mass is 10.1. The van der Waals surface area contributed by atoms with E-state index in [0.717, 1.165) is 6.07 Å². The molecule has 3 rings (SSSR count). The Morgan fingerprint density at radius 2 is 2.03 bits per heavy atom. The SMILES string of the molecule is CC1CN(c2ncc(C#N)c(NCc3ccc(F)cc3F)n2)CC(C)N1C(=O)CCl. The van der Waals surface area contributed by atoms with Crippen molar-refractivity contribution in [3.05, 3.63) is 47.2 Å². The Labute approximate surface area is 178 Å². The van der Waals surface area contributed by atoms with E-state index in [2.05, 4.69) is 15.3 Å². The molecule has 2 aromatic rings. The van der Waals surface area contributed by atoms with Crippen LogP contribution in [-0.2, 0) is 11.3 Å². The summed E-state index contributed by atoms with van der Waals surface area (Å²) in [6.07, 6.45) is 1.40. The number of nitriles is 1. The Hall–Kier alpha value is -2.99. The number of alkyl halides is 1. The lowest BCUT2D eigenvalue weighted by Gasteiger charge is -2.44. The quantitative estimate of drug-likeness (QED) is 0.728. The minimum Gasteiger partial charge on any atom is -0.365 e. The van der Waals surface area contributed by atoms with E-state index >= 15 is 0 Å². The summed E-state index contributed by atoms with van der Waals surface area (Å²) in [4.78, 5) is 24.5. The molecule has 1 amide bonds. The van der Waals surface area contributed by atoms with E-state index in [1.165, 1.54) is 18.3 Å². The number of halogens is 3. The van der Waals surface area contributed by atoms with Gasteiger partial charge in [0.15, 0.2) is 0 Å². The van der Waals surface area contributed by atoms with Gasteiger partial charge in [-0.2, -0.15) is 10.2 Å². The highest BCUT2D eigenvalue weighted by molar-refractivity contribution is 6.27. The molecule has 0 aliphatic carbocycles. The molecule has 158 valence electrons. The Bertz CT molecular complexity index is 970. The van der Waals surface area contributed by atoms with Crippen LogP contribution in [0.5, 0.6) is 0 Å². The zero-order valence-corrected chi connectivity index (χ0v) is 17.3. The van der Waals surface area contributed by atoms with Crippen LogP contribution in [0.1, 0.15) is 25.0 Å². The minimum absolute atomic E-state index is 0.0298. The van der Waals surface area contributed by atoms with E-state index in [0.29, 0.717) is 19.0 Å². The predicted molar refractivity (Wildman–Crippen MR) is 109 cm³/mol. The van der Waals surface area contributed by atoms with Crippen LogP contribution in [0, 0.1) is 23.0 Å². The molecule has 1 aromatic heterocycles. The molecular formula is C20H21ClF2N6O. The van der Waals surface area contributed by atoms with Crippen molar-refractivity contribution in [3.63, 3.8) is 0 Å². The van der Waals surface area contributed by atoms with Gasteiger partial charge in [-0.3, -0.25) is 4.79 Å². The Balaban J connectivity index is 1.79. The van der Waals surface area contributed by atoms with Gasteiger partial charge in [0.05, 0.1) is 6.20 Å². The largest absolute Gasteiger partial charge is 0.365 e. The summed E-state index contributed by atoms with van der Waals surface area (Å²) >= 11 is 5.71. The summed E-state index contributed by atoms with van der Waals surface area (Å²) in [5.74, 6) is -0.888. The maximum absolute atomic E-state index is 13.9. The van der Waals surface area contributed by atoms with Crippen LogP contribution < -0.4 is 10.2 Å². The van der Waals surface area contributed by atoms with Gasteiger partial charge in [0.1, 0.15) is 35.0 Å². The molecule has 2 unspecified atom stereocenters. The van der Waals surface area contributed by atoms with Crippen molar-refractivity contribution >= 4 is 29.3 Å². The molecular weight excluding hydrogens is 414 g/mol. The van der Waals surface area contributed by atoms with Crippen molar-refractivity contribution in [1.29, 1.82) is 5.26 Å². The van der Waals surface area contributed by atoms with Gasteiger partial charge in [0.2, 0.25) is 11.9 Å². The van der Waals surface area contributed by atoms with Crippen LogP contribution in [0.4, 0.5) is 20.5 Å². The van der Waals surface area contributed by atoms with E-state index in [1.807, 2.05) is 24.8 Å². The Morgan fingerprint density at radius 1 is 1.33 bits per heavy atom. The molecule has 1 aromatic carbocycles. The third kappa shape index (κ3) is 4.60. The molecule has 1 aliphatic heterocycles. The number of aromatic nitrogens is 2. The van der Waals surface area contributed by atoms with Crippen LogP contribution in [0.3, 0.4) is 0 Å². The van der Waals surface area contributed by atoms with E-state index in [-0.39, 0.29) is 47.4 Å². The van der Waals surface area contributed by atoms with Crippen molar-refractivity contribution in [1.82, 2.24) is 14.9 Å². The summed E-state index contributed by atoms with van der Waals surface area (Å²) in [7, 11) is 0. The fraction of sp³-hybridized carbons (Fsp3) is 0.400. The number of amides is 1. The van der Waals surface area contributed by atoms with E-state index in [4.69, 9.17) is 11.6 Å². The molecule has 0 radical (unpaired) electrons. The van der Waals surface area contributed by atoms with E-state index < -0.39 is 11.6 Å². The molecule has 10 heteroatoms. The fourth-order valence-corrected chi connectivity index (χ4v) is 3.77. The lowest BCUT2D eigenvalue weighted by molar-refractivity contribution is -0.133. The second kappa shape index (κ2) is 9.22. The third-order valence-electron chi connectivity index (χ3n) is 4.96. The van der Waals surface area contributed by atoms with Crippen molar-refractivity contribution < 1.29 is 13.6 Å². The number of hydrogen-bond donors (Lipinski definition) is 1. The number of carbonyl (C=O) groups is 1. The number of nitrogens with zero attached hydrogens (tertiary/aromatic N) is 5. The first kappa shape index (κ1) is 21.7. The van der Waals surface area contributed by atoms with Gasteiger partial charge >= 0.3 is 0 Å². The van der Waals surface area contributed by atoms with E-state index in [1.54, 1.807) is 4.90 Å². The number of benzene rings is 1. The number of piperazine rings is 1. The van der Waals surface area contributed by atoms with Gasteiger partial charge < -0.3 is 15.1 Å². The topological polar surface area (TPSA) is 85.2 Å². The smallest absolute Gasteiger partial charge is 0.238 e. The molecule has 30 heavy (non-hydrogen) atoms. The van der Waals surface area contributed by atoms with Crippen molar-refractivity contribution in [2.24, 2.45) is 0 Å². The molecule has 0 spiro atoms. The number of hydrogen-bond acceptors (Lipinski definition) is 6. The van der Waals surface area contributed by atoms with Gasteiger partial charge in [-0.05, 0) is 19.9 Å². The highest BCUT2D eigenvalue weighted by Crippen LogP contribution is 2.23. The average Bonchev–Trinajstić information content (AvgIpc) is 2.72. The predicted octanol–water partition coefficient (Wildman–Crippen LogP) is 2.90. The maximum atomic E-state index is 13.9. The van der Waals surface area contributed by atoms with E-state index in [9.17, 15) is 18.8 Å². The number of anilines is 2. The summed E-state index contributed by atoms with van der Waals surface area (Å²) in [6.45, 7) is 4.89. The molecule has 1 fully saturated rings. The maximum Gasteiger partial charge on any atom is 0.238 e. The first-order valence-electron chi connectivity index (χ1n) is 9.41. The van der Waals surface area contributed by atoms with Crippen molar-refractivity contribution in [2.75, 3.05) is 29.2 Å². The summed E-state index contributed by atoms with van der Waals surface area (Å²) < 4.78 is 27.0. The van der Waals surface area contributed by atoms with Gasteiger partial charge in [-0.25, -0.2) is 13.8 Å². The highest BCUT2D eigenvalue weighted by Gasteiger charge is 2.33. The molecule has 0 saturated carbocycles. The molecule has 1 N–H and O–H groups in total. The Morgan fingerprint density at radius 3 is 2.63 bits per heavy atom. The molecule has 0 bridgehead atoms.